The van der Waals surface area contributed by atoms with Crippen LogP contribution in [-0.2, 0) is 28.6 Å². The smallest absolute Gasteiger partial charge is 0.306 e. The van der Waals surface area contributed by atoms with Crippen molar-refractivity contribution in [2.24, 2.45) is 11.8 Å². The Morgan fingerprint density at radius 1 is 0.356 bits per heavy atom. The lowest BCUT2D eigenvalue weighted by Crippen LogP contribution is -2.30. The van der Waals surface area contributed by atoms with Crippen LogP contribution in [0.1, 0.15) is 291 Å². The summed E-state index contributed by atoms with van der Waals surface area (Å²) in [6.07, 6.45) is 46.6. The second kappa shape index (κ2) is 45.9. The van der Waals surface area contributed by atoms with Gasteiger partial charge in [0.05, 0.1) is 0 Å². The maximum absolute atomic E-state index is 12.8. The molecule has 0 aromatic rings. The Bertz CT molecular complexity index is 902. The SMILES string of the molecule is CCCCCCCCCCCCC(=O)OC[C@H](COC(=O)CCCCCCCCCCC(C)CC)OC(=O)CCCCCCCCCCCCCCCCCCC(C)C. The van der Waals surface area contributed by atoms with Crippen molar-refractivity contribution < 1.29 is 28.6 Å². The van der Waals surface area contributed by atoms with Gasteiger partial charge >= 0.3 is 17.9 Å². The van der Waals surface area contributed by atoms with Crippen LogP contribution in [0.2, 0.25) is 0 Å². The summed E-state index contributed by atoms with van der Waals surface area (Å²) in [7, 11) is 0. The molecule has 0 spiro atoms. The molecule has 0 rings (SSSR count). The molecule has 0 aliphatic rings. The van der Waals surface area contributed by atoms with E-state index in [0.717, 1.165) is 69.6 Å². The van der Waals surface area contributed by atoms with Gasteiger partial charge < -0.3 is 14.2 Å². The lowest BCUT2D eigenvalue weighted by atomic mass is 9.99. The molecular formula is C53H102O6. The Morgan fingerprint density at radius 3 is 0.966 bits per heavy atom. The molecule has 0 aromatic carbocycles. The van der Waals surface area contributed by atoms with E-state index in [1.807, 2.05) is 0 Å². The Balaban J connectivity index is 4.26. The lowest BCUT2D eigenvalue weighted by molar-refractivity contribution is -0.167. The summed E-state index contributed by atoms with van der Waals surface area (Å²) in [6.45, 7) is 11.4. The number of rotatable bonds is 47. The third kappa shape index (κ3) is 45.8. The average molecular weight is 835 g/mol. The van der Waals surface area contributed by atoms with E-state index >= 15 is 0 Å². The van der Waals surface area contributed by atoms with Gasteiger partial charge in [0.2, 0.25) is 0 Å². The summed E-state index contributed by atoms with van der Waals surface area (Å²) in [4.78, 5) is 37.9. The second-order valence-electron chi connectivity index (χ2n) is 18.9. The highest BCUT2D eigenvalue weighted by atomic mass is 16.6. The van der Waals surface area contributed by atoms with Crippen LogP contribution in [0.4, 0.5) is 0 Å². The fourth-order valence-electron chi connectivity index (χ4n) is 7.96. The van der Waals surface area contributed by atoms with Crippen LogP contribution in [0.5, 0.6) is 0 Å². The van der Waals surface area contributed by atoms with Crippen LogP contribution < -0.4 is 0 Å². The van der Waals surface area contributed by atoms with E-state index in [1.54, 1.807) is 0 Å². The van der Waals surface area contributed by atoms with Gasteiger partial charge in [-0.1, -0.05) is 253 Å². The van der Waals surface area contributed by atoms with Gasteiger partial charge in [0.1, 0.15) is 13.2 Å². The van der Waals surface area contributed by atoms with E-state index in [4.69, 9.17) is 14.2 Å². The Labute approximate surface area is 368 Å². The molecule has 0 saturated heterocycles. The first-order valence-corrected chi connectivity index (χ1v) is 26.3. The first kappa shape index (κ1) is 57.4. The molecule has 0 aliphatic heterocycles. The molecule has 0 amide bonds. The van der Waals surface area contributed by atoms with Gasteiger partial charge in [0, 0.05) is 19.3 Å². The molecule has 6 heteroatoms. The molecule has 0 fully saturated rings. The predicted molar refractivity (Wildman–Crippen MR) is 252 cm³/mol. The molecule has 0 bridgehead atoms. The van der Waals surface area contributed by atoms with E-state index in [-0.39, 0.29) is 31.1 Å². The van der Waals surface area contributed by atoms with Crippen LogP contribution in [0.25, 0.3) is 0 Å². The summed E-state index contributed by atoms with van der Waals surface area (Å²) in [6, 6.07) is 0. The van der Waals surface area contributed by atoms with Crippen molar-refractivity contribution in [3.63, 3.8) is 0 Å². The van der Waals surface area contributed by atoms with Gasteiger partial charge in [-0.05, 0) is 31.1 Å². The highest BCUT2D eigenvalue weighted by molar-refractivity contribution is 5.71. The fraction of sp³-hybridized carbons (Fsp3) is 0.943. The van der Waals surface area contributed by atoms with E-state index in [1.165, 1.54) is 180 Å². The molecular weight excluding hydrogens is 733 g/mol. The zero-order chi connectivity index (χ0) is 43.3. The van der Waals surface area contributed by atoms with Crippen molar-refractivity contribution in [3.8, 4) is 0 Å². The third-order valence-corrected chi connectivity index (χ3v) is 12.3. The molecule has 0 N–H and O–H groups in total. The molecule has 1 unspecified atom stereocenters. The second-order valence-corrected chi connectivity index (χ2v) is 18.9. The maximum atomic E-state index is 12.8. The molecule has 0 radical (unpaired) electrons. The van der Waals surface area contributed by atoms with E-state index in [2.05, 4.69) is 34.6 Å². The minimum atomic E-state index is -0.761. The molecule has 0 heterocycles. The standard InChI is InChI=1S/C53H102O6/c1-6-8-9-10-11-12-22-28-33-38-43-51(54)57-46-50(47-58-52(55)44-39-34-29-25-24-27-32-37-42-49(5)7-2)59-53(56)45-40-35-30-23-20-18-16-14-13-15-17-19-21-26-31-36-41-48(3)4/h48-50H,6-47H2,1-5H3/t49?,50-/m1/s1. The van der Waals surface area contributed by atoms with Crippen LogP contribution in [0, 0.1) is 11.8 Å². The number of ether oxygens (including phenoxy) is 3. The number of hydrogen-bond donors (Lipinski definition) is 0. The highest BCUT2D eigenvalue weighted by Gasteiger charge is 2.19. The topological polar surface area (TPSA) is 78.9 Å². The number of hydrogen-bond acceptors (Lipinski definition) is 6. The van der Waals surface area contributed by atoms with Gasteiger partial charge in [-0.3, -0.25) is 14.4 Å². The van der Waals surface area contributed by atoms with Gasteiger partial charge in [0.15, 0.2) is 6.10 Å². The highest BCUT2D eigenvalue weighted by Crippen LogP contribution is 2.18. The molecule has 2 atom stereocenters. The summed E-state index contributed by atoms with van der Waals surface area (Å²) < 4.78 is 16.8. The number of carbonyl (C=O) groups is 3. The first-order chi connectivity index (χ1) is 28.8. The van der Waals surface area contributed by atoms with E-state index in [9.17, 15) is 14.4 Å². The van der Waals surface area contributed by atoms with Crippen LogP contribution in [0.15, 0.2) is 0 Å². The number of carbonyl (C=O) groups excluding carboxylic acids is 3. The Kier molecular flexibility index (Phi) is 44.7. The Hall–Kier alpha value is -1.59. The quantitative estimate of drug-likeness (QED) is 0.0345. The normalized spacial score (nSPS) is 12.5. The van der Waals surface area contributed by atoms with Gasteiger partial charge in [-0.25, -0.2) is 0 Å². The number of unbranched alkanes of at least 4 members (excludes halogenated alkanes) is 31. The van der Waals surface area contributed by atoms with Gasteiger partial charge in [-0.2, -0.15) is 0 Å². The zero-order valence-electron chi connectivity index (χ0n) is 40.4. The van der Waals surface area contributed by atoms with Crippen molar-refractivity contribution >= 4 is 17.9 Å². The molecule has 0 aliphatic carbocycles. The number of esters is 3. The monoisotopic (exact) mass is 835 g/mol. The average Bonchev–Trinajstić information content (AvgIpc) is 3.22. The van der Waals surface area contributed by atoms with Crippen molar-refractivity contribution in [2.75, 3.05) is 13.2 Å². The largest absolute Gasteiger partial charge is 0.462 e. The molecule has 59 heavy (non-hydrogen) atoms. The van der Waals surface area contributed by atoms with Crippen LogP contribution in [-0.4, -0.2) is 37.2 Å². The summed E-state index contributed by atoms with van der Waals surface area (Å²) in [5.74, 6) is 0.850. The Morgan fingerprint density at radius 2 is 0.644 bits per heavy atom. The summed E-state index contributed by atoms with van der Waals surface area (Å²) >= 11 is 0. The van der Waals surface area contributed by atoms with Crippen LogP contribution >= 0.6 is 0 Å². The summed E-state index contributed by atoms with van der Waals surface area (Å²) in [5.41, 5.74) is 0. The van der Waals surface area contributed by atoms with Crippen molar-refractivity contribution in [3.05, 3.63) is 0 Å². The minimum absolute atomic E-state index is 0.0640. The molecule has 350 valence electrons. The van der Waals surface area contributed by atoms with Crippen molar-refractivity contribution in [2.45, 2.75) is 298 Å². The summed E-state index contributed by atoms with van der Waals surface area (Å²) in [5, 5.41) is 0. The lowest BCUT2D eigenvalue weighted by Gasteiger charge is -2.18. The van der Waals surface area contributed by atoms with Gasteiger partial charge in [-0.15, -0.1) is 0 Å². The van der Waals surface area contributed by atoms with Gasteiger partial charge in [0.25, 0.3) is 0 Å². The minimum Gasteiger partial charge on any atom is -0.462 e. The van der Waals surface area contributed by atoms with Crippen molar-refractivity contribution in [1.29, 1.82) is 0 Å². The molecule has 0 saturated carbocycles. The van der Waals surface area contributed by atoms with Crippen LogP contribution in [0.3, 0.4) is 0 Å². The first-order valence-electron chi connectivity index (χ1n) is 26.3. The zero-order valence-corrected chi connectivity index (χ0v) is 40.4. The van der Waals surface area contributed by atoms with E-state index in [0.29, 0.717) is 19.3 Å². The predicted octanol–water partition coefficient (Wildman–Crippen LogP) is 16.9. The van der Waals surface area contributed by atoms with Crippen molar-refractivity contribution in [1.82, 2.24) is 0 Å². The fourth-order valence-corrected chi connectivity index (χ4v) is 7.96. The third-order valence-electron chi connectivity index (χ3n) is 12.3. The molecule has 0 aromatic heterocycles. The maximum Gasteiger partial charge on any atom is 0.306 e. The van der Waals surface area contributed by atoms with E-state index < -0.39 is 6.10 Å². The molecule has 6 nitrogen and oxygen atoms in total.